The molecule has 0 fully saturated rings. The van der Waals surface area contributed by atoms with Crippen molar-refractivity contribution in [1.29, 1.82) is 0 Å². The number of H-pyrrole nitrogens is 1. The quantitative estimate of drug-likeness (QED) is 0.480. The van der Waals surface area contributed by atoms with E-state index in [1.54, 1.807) is 24.4 Å². The second-order valence-corrected chi connectivity index (χ2v) is 4.69. The molecule has 2 heterocycles. The molecule has 0 spiro atoms. The third-order valence-corrected chi connectivity index (χ3v) is 3.18. The van der Waals surface area contributed by atoms with Gasteiger partial charge in [-0.1, -0.05) is 36.4 Å². The zero-order valence-corrected chi connectivity index (χ0v) is 11.9. The Hall–Kier alpha value is -3.48. The van der Waals surface area contributed by atoms with Crippen LogP contribution in [0.4, 0.5) is 0 Å². The predicted molar refractivity (Wildman–Crippen MR) is 85.6 cm³/mol. The van der Waals surface area contributed by atoms with E-state index in [0.717, 1.165) is 16.3 Å². The van der Waals surface area contributed by atoms with Crippen molar-refractivity contribution in [3.63, 3.8) is 0 Å². The van der Waals surface area contributed by atoms with E-state index < -0.39 is 5.69 Å². The first-order valence-corrected chi connectivity index (χ1v) is 6.75. The van der Waals surface area contributed by atoms with Crippen molar-refractivity contribution in [2.45, 2.75) is 0 Å². The molecule has 0 aliphatic heterocycles. The molecule has 0 saturated heterocycles. The van der Waals surface area contributed by atoms with Gasteiger partial charge < -0.3 is 10.2 Å². The van der Waals surface area contributed by atoms with E-state index in [-0.39, 0.29) is 5.69 Å². The number of aromatic amines is 1. The average Bonchev–Trinajstić information content (AvgIpc) is 2.59. The van der Waals surface area contributed by atoms with Crippen molar-refractivity contribution >= 4 is 21.8 Å². The van der Waals surface area contributed by atoms with E-state index in [1.807, 2.05) is 30.3 Å². The molecule has 0 unspecified atom stereocenters. The lowest BCUT2D eigenvalue weighted by Gasteiger charge is -1.99. The zero-order valence-electron chi connectivity index (χ0n) is 11.9. The third kappa shape index (κ3) is 3.08. The lowest BCUT2D eigenvalue weighted by Crippen LogP contribution is -2.20. The van der Waals surface area contributed by atoms with Gasteiger partial charge in [-0.3, -0.25) is 0 Å². The van der Waals surface area contributed by atoms with Crippen LogP contribution in [0.1, 0.15) is 0 Å². The first kappa shape index (κ1) is 14.5. The number of hydrogen-bond donors (Lipinski definition) is 2. The molecule has 4 aromatic rings. The molecule has 2 aromatic heterocycles. The van der Waals surface area contributed by atoms with E-state index in [0.29, 0.717) is 10.2 Å². The highest BCUT2D eigenvalue weighted by Gasteiger charge is 1.99. The summed E-state index contributed by atoms with van der Waals surface area (Å²) in [5, 5.41) is 10.9. The number of aromatic nitrogens is 4. The molecule has 0 saturated carbocycles. The standard InChI is InChI=1S/C8H6N2O2.C8H6N2O/c11-8-9-5-6-3-1-2-4-7(6)10(8)12;11-8-9-5-6-3-1-2-4-7(6)10-8/h1-5,12H;1-5H,(H,9,10,11). The minimum absolute atomic E-state index is 0.302. The summed E-state index contributed by atoms with van der Waals surface area (Å²) in [6.07, 6.45) is 3.00. The molecule has 0 aliphatic rings. The molecule has 0 atom stereocenters. The second kappa shape index (κ2) is 6.10. The van der Waals surface area contributed by atoms with Crippen molar-refractivity contribution in [1.82, 2.24) is 19.7 Å². The lowest BCUT2D eigenvalue weighted by atomic mass is 10.2. The smallest absolute Gasteiger partial charge is 0.380 e. The maximum absolute atomic E-state index is 10.8. The van der Waals surface area contributed by atoms with Gasteiger partial charge >= 0.3 is 11.4 Å². The van der Waals surface area contributed by atoms with E-state index in [1.165, 1.54) is 6.20 Å². The average molecular weight is 308 g/mol. The molecule has 23 heavy (non-hydrogen) atoms. The van der Waals surface area contributed by atoms with Crippen LogP contribution in [0.3, 0.4) is 0 Å². The monoisotopic (exact) mass is 308 g/mol. The molecule has 4 rings (SSSR count). The molecular weight excluding hydrogens is 296 g/mol. The van der Waals surface area contributed by atoms with Crippen LogP contribution < -0.4 is 11.4 Å². The van der Waals surface area contributed by atoms with Gasteiger partial charge in [0.1, 0.15) is 0 Å². The molecular formula is C16H12N4O3. The van der Waals surface area contributed by atoms with Crippen LogP contribution in [-0.2, 0) is 0 Å². The first-order chi connectivity index (χ1) is 11.1. The number of hydrogen-bond acceptors (Lipinski definition) is 5. The third-order valence-electron chi connectivity index (χ3n) is 3.18. The van der Waals surface area contributed by atoms with Crippen LogP contribution in [0.5, 0.6) is 0 Å². The van der Waals surface area contributed by atoms with Crippen LogP contribution in [-0.4, -0.2) is 24.9 Å². The Morgan fingerprint density at radius 1 is 0.870 bits per heavy atom. The molecule has 114 valence electrons. The molecule has 2 N–H and O–H groups in total. The summed E-state index contributed by atoms with van der Waals surface area (Å²) in [5.74, 6) is 0. The van der Waals surface area contributed by atoms with Crippen LogP contribution in [0.25, 0.3) is 21.8 Å². The fraction of sp³-hybridized carbons (Fsp3) is 0. The Morgan fingerprint density at radius 3 is 2.35 bits per heavy atom. The largest absolute Gasteiger partial charge is 0.424 e. The lowest BCUT2D eigenvalue weighted by molar-refractivity contribution is 0.184. The number of nitrogens with one attached hydrogen (secondary N) is 1. The van der Waals surface area contributed by atoms with E-state index in [2.05, 4.69) is 15.0 Å². The Bertz CT molecular complexity index is 1090. The van der Waals surface area contributed by atoms with Crippen LogP contribution in [0.2, 0.25) is 0 Å². The maximum Gasteiger partial charge on any atom is 0.380 e. The maximum atomic E-state index is 10.8. The van der Waals surface area contributed by atoms with Crippen LogP contribution >= 0.6 is 0 Å². The van der Waals surface area contributed by atoms with Gasteiger partial charge in [0, 0.05) is 23.2 Å². The van der Waals surface area contributed by atoms with Gasteiger partial charge in [0.2, 0.25) is 0 Å². The zero-order chi connectivity index (χ0) is 16.2. The van der Waals surface area contributed by atoms with Crippen molar-refractivity contribution in [3.05, 3.63) is 81.9 Å². The molecule has 0 amide bonds. The van der Waals surface area contributed by atoms with Crippen LogP contribution in [0.15, 0.2) is 70.5 Å². The Morgan fingerprint density at radius 2 is 1.52 bits per heavy atom. The van der Waals surface area contributed by atoms with Gasteiger partial charge in [0.05, 0.1) is 11.0 Å². The number of nitrogens with zero attached hydrogens (tertiary/aromatic N) is 3. The fourth-order valence-corrected chi connectivity index (χ4v) is 2.07. The van der Waals surface area contributed by atoms with Gasteiger partial charge in [0.15, 0.2) is 0 Å². The highest BCUT2D eigenvalue weighted by molar-refractivity contribution is 5.77. The summed E-state index contributed by atoms with van der Waals surface area (Å²) in [7, 11) is 0. The molecule has 2 aromatic carbocycles. The minimum Gasteiger partial charge on any atom is -0.424 e. The van der Waals surface area contributed by atoms with Crippen molar-refractivity contribution in [2.24, 2.45) is 0 Å². The van der Waals surface area contributed by atoms with Gasteiger partial charge in [-0.05, 0) is 12.1 Å². The SMILES string of the molecule is O=c1ncc2ccccc2[nH]1.O=c1ncc2ccccc2n1O. The number of benzene rings is 2. The van der Waals surface area contributed by atoms with E-state index >= 15 is 0 Å². The highest BCUT2D eigenvalue weighted by atomic mass is 16.5. The molecule has 0 aliphatic carbocycles. The molecule has 7 heteroatoms. The van der Waals surface area contributed by atoms with E-state index in [9.17, 15) is 14.8 Å². The summed E-state index contributed by atoms with van der Waals surface area (Å²) in [6.45, 7) is 0. The molecule has 7 nitrogen and oxygen atoms in total. The van der Waals surface area contributed by atoms with Crippen molar-refractivity contribution in [2.75, 3.05) is 0 Å². The number of fused-ring (bicyclic) bond motifs is 2. The predicted octanol–water partition coefficient (Wildman–Crippen LogP) is 1.56. The summed E-state index contributed by atoms with van der Waals surface area (Å²) < 4.78 is 0.537. The number of rotatable bonds is 0. The fourth-order valence-electron chi connectivity index (χ4n) is 2.07. The highest BCUT2D eigenvalue weighted by Crippen LogP contribution is 2.07. The summed E-state index contributed by atoms with van der Waals surface area (Å²) in [4.78, 5) is 31.2. The summed E-state index contributed by atoms with van der Waals surface area (Å²) in [6, 6.07) is 14.5. The van der Waals surface area contributed by atoms with Gasteiger partial charge in [-0.15, -0.1) is 4.73 Å². The van der Waals surface area contributed by atoms with E-state index in [4.69, 9.17) is 0 Å². The Kier molecular flexibility index (Phi) is 3.84. The Balaban J connectivity index is 0.000000136. The normalized spacial score (nSPS) is 10.3. The Labute approximate surface area is 129 Å². The van der Waals surface area contributed by atoms with Crippen LogP contribution in [0, 0.1) is 0 Å². The minimum atomic E-state index is -0.659. The van der Waals surface area contributed by atoms with Crippen molar-refractivity contribution < 1.29 is 5.21 Å². The second-order valence-electron chi connectivity index (χ2n) is 4.69. The van der Waals surface area contributed by atoms with Gasteiger partial charge in [-0.2, -0.15) is 4.98 Å². The van der Waals surface area contributed by atoms with Gasteiger partial charge in [0.25, 0.3) is 0 Å². The van der Waals surface area contributed by atoms with Crippen molar-refractivity contribution in [3.8, 4) is 0 Å². The summed E-state index contributed by atoms with van der Waals surface area (Å²) in [5.41, 5.74) is 0.336. The first-order valence-electron chi connectivity index (χ1n) is 6.75. The summed E-state index contributed by atoms with van der Waals surface area (Å²) >= 11 is 0. The number of para-hydroxylation sites is 2. The topological polar surface area (TPSA) is 101 Å². The molecule has 0 radical (unpaired) electrons. The molecule has 0 bridgehead atoms. The van der Waals surface area contributed by atoms with Gasteiger partial charge in [-0.25, -0.2) is 14.6 Å².